The van der Waals surface area contributed by atoms with E-state index in [1.807, 2.05) is 17.9 Å². The molecule has 0 saturated heterocycles. The molecule has 0 aliphatic carbocycles. The highest BCUT2D eigenvalue weighted by Crippen LogP contribution is 2.29. The lowest BCUT2D eigenvalue weighted by atomic mass is 9.99. The molecule has 108 valence electrons. The highest BCUT2D eigenvalue weighted by molar-refractivity contribution is 9.10. The average molecular weight is 336 g/mol. The Morgan fingerprint density at radius 2 is 2.15 bits per heavy atom. The number of aromatic nitrogens is 2. The molecule has 1 heterocycles. The Bertz CT molecular complexity index is 563. The Kier molecular flexibility index (Phi) is 5.38. The summed E-state index contributed by atoms with van der Waals surface area (Å²) in [4.78, 5) is 0. The van der Waals surface area contributed by atoms with Crippen LogP contribution < -0.4 is 5.32 Å². The van der Waals surface area contributed by atoms with Crippen LogP contribution in [0.1, 0.15) is 36.2 Å². The lowest BCUT2D eigenvalue weighted by Crippen LogP contribution is -2.22. The number of hydrogen-bond donors (Lipinski definition) is 1. The molecular formula is C16H22BrN3. The summed E-state index contributed by atoms with van der Waals surface area (Å²) in [7, 11) is 2.00. The van der Waals surface area contributed by atoms with E-state index in [2.05, 4.69) is 64.5 Å². The first-order valence-electron chi connectivity index (χ1n) is 7.08. The molecule has 1 aromatic carbocycles. The zero-order valence-corrected chi connectivity index (χ0v) is 13.9. The van der Waals surface area contributed by atoms with E-state index in [-0.39, 0.29) is 0 Å². The van der Waals surface area contributed by atoms with Crippen molar-refractivity contribution in [3.05, 3.63) is 51.8 Å². The summed E-state index contributed by atoms with van der Waals surface area (Å²) in [5, 5.41) is 7.82. The molecule has 0 spiro atoms. The second kappa shape index (κ2) is 7.04. The minimum atomic E-state index is 0.365. The summed E-state index contributed by atoms with van der Waals surface area (Å²) in [6.07, 6.45) is 3.95. The van der Waals surface area contributed by atoms with Crippen LogP contribution >= 0.6 is 15.9 Å². The predicted molar refractivity (Wildman–Crippen MR) is 86.8 cm³/mol. The van der Waals surface area contributed by atoms with Gasteiger partial charge in [0.25, 0.3) is 0 Å². The third-order valence-electron chi connectivity index (χ3n) is 3.66. The molecule has 3 nitrogen and oxygen atoms in total. The SMILES string of the molecule is CCNC(CCc1ccnn1C)c1cccc(C)c1Br. The zero-order chi connectivity index (χ0) is 14.5. The third-order valence-corrected chi connectivity index (χ3v) is 4.74. The van der Waals surface area contributed by atoms with E-state index >= 15 is 0 Å². The largest absolute Gasteiger partial charge is 0.310 e. The van der Waals surface area contributed by atoms with Crippen molar-refractivity contribution < 1.29 is 0 Å². The van der Waals surface area contributed by atoms with Crippen LogP contribution in [-0.2, 0) is 13.5 Å². The number of aryl methyl sites for hydroxylation is 3. The van der Waals surface area contributed by atoms with Crippen molar-refractivity contribution >= 4 is 15.9 Å². The van der Waals surface area contributed by atoms with Gasteiger partial charge in [0, 0.05) is 29.5 Å². The molecule has 2 aromatic rings. The molecule has 1 aromatic heterocycles. The van der Waals surface area contributed by atoms with Crippen molar-refractivity contribution in [1.82, 2.24) is 15.1 Å². The smallest absolute Gasteiger partial charge is 0.0492 e. The van der Waals surface area contributed by atoms with Gasteiger partial charge in [0.1, 0.15) is 0 Å². The number of benzene rings is 1. The Balaban J connectivity index is 2.14. The Morgan fingerprint density at radius 3 is 2.80 bits per heavy atom. The minimum Gasteiger partial charge on any atom is -0.310 e. The Hall–Kier alpha value is -1.13. The van der Waals surface area contributed by atoms with E-state index in [0.29, 0.717) is 6.04 Å². The second-order valence-corrected chi connectivity index (χ2v) is 5.87. The topological polar surface area (TPSA) is 29.9 Å². The van der Waals surface area contributed by atoms with Crippen molar-refractivity contribution in [2.24, 2.45) is 7.05 Å². The fourth-order valence-electron chi connectivity index (χ4n) is 2.49. The highest BCUT2D eigenvalue weighted by atomic mass is 79.9. The van der Waals surface area contributed by atoms with Crippen LogP contribution in [0.2, 0.25) is 0 Å². The number of nitrogens with one attached hydrogen (secondary N) is 1. The van der Waals surface area contributed by atoms with Gasteiger partial charge >= 0.3 is 0 Å². The summed E-state index contributed by atoms with van der Waals surface area (Å²) in [5.41, 5.74) is 3.90. The van der Waals surface area contributed by atoms with Gasteiger partial charge in [-0.25, -0.2) is 0 Å². The monoisotopic (exact) mass is 335 g/mol. The van der Waals surface area contributed by atoms with Crippen LogP contribution in [0.3, 0.4) is 0 Å². The number of hydrogen-bond acceptors (Lipinski definition) is 2. The molecule has 4 heteroatoms. The normalized spacial score (nSPS) is 12.6. The van der Waals surface area contributed by atoms with E-state index in [4.69, 9.17) is 0 Å². The molecule has 0 amide bonds. The van der Waals surface area contributed by atoms with Gasteiger partial charge in [-0.05, 0) is 43.5 Å². The first-order valence-corrected chi connectivity index (χ1v) is 7.88. The molecule has 0 fully saturated rings. The lowest BCUT2D eigenvalue weighted by Gasteiger charge is -2.20. The van der Waals surface area contributed by atoms with E-state index in [1.165, 1.54) is 21.3 Å². The number of nitrogens with zero attached hydrogens (tertiary/aromatic N) is 2. The summed E-state index contributed by atoms with van der Waals surface area (Å²) in [6.45, 7) is 5.26. The Morgan fingerprint density at radius 1 is 1.35 bits per heavy atom. The third kappa shape index (κ3) is 3.49. The van der Waals surface area contributed by atoms with E-state index in [1.54, 1.807) is 0 Å². The Labute approximate surface area is 129 Å². The van der Waals surface area contributed by atoms with Gasteiger partial charge in [0.2, 0.25) is 0 Å². The minimum absolute atomic E-state index is 0.365. The van der Waals surface area contributed by atoms with Crippen molar-refractivity contribution in [2.75, 3.05) is 6.54 Å². The fourth-order valence-corrected chi connectivity index (χ4v) is 3.03. The fraction of sp³-hybridized carbons (Fsp3) is 0.438. The van der Waals surface area contributed by atoms with E-state index in [0.717, 1.165) is 19.4 Å². The summed E-state index contributed by atoms with van der Waals surface area (Å²) in [6, 6.07) is 8.92. The molecule has 0 aliphatic heterocycles. The molecule has 1 atom stereocenters. The first-order chi connectivity index (χ1) is 9.63. The van der Waals surface area contributed by atoms with Crippen LogP contribution in [0.15, 0.2) is 34.9 Å². The van der Waals surface area contributed by atoms with Crippen LogP contribution in [0, 0.1) is 6.92 Å². The van der Waals surface area contributed by atoms with Gasteiger partial charge < -0.3 is 5.32 Å². The van der Waals surface area contributed by atoms with Gasteiger partial charge in [-0.2, -0.15) is 5.10 Å². The molecule has 1 unspecified atom stereocenters. The van der Waals surface area contributed by atoms with Gasteiger partial charge in [-0.15, -0.1) is 0 Å². The van der Waals surface area contributed by atoms with Gasteiger partial charge in [0.05, 0.1) is 0 Å². The zero-order valence-electron chi connectivity index (χ0n) is 12.4. The molecule has 20 heavy (non-hydrogen) atoms. The van der Waals surface area contributed by atoms with Crippen LogP contribution in [0.25, 0.3) is 0 Å². The maximum Gasteiger partial charge on any atom is 0.0492 e. The van der Waals surface area contributed by atoms with Crippen LogP contribution in [0.4, 0.5) is 0 Å². The number of rotatable bonds is 6. The van der Waals surface area contributed by atoms with Crippen LogP contribution in [-0.4, -0.2) is 16.3 Å². The lowest BCUT2D eigenvalue weighted by molar-refractivity contribution is 0.504. The highest BCUT2D eigenvalue weighted by Gasteiger charge is 2.15. The van der Waals surface area contributed by atoms with E-state index in [9.17, 15) is 0 Å². The summed E-state index contributed by atoms with van der Waals surface area (Å²) >= 11 is 3.73. The molecule has 0 aliphatic rings. The quantitative estimate of drug-likeness (QED) is 0.870. The van der Waals surface area contributed by atoms with Crippen molar-refractivity contribution in [2.45, 2.75) is 32.7 Å². The maximum absolute atomic E-state index is 4.23. The first kappa shape index (κ1) is 15.3. The maximum atomic E-state index is 4.23. The standard InChI is InChI=1S/C16H22BrN3/c1-4-18-15(9-8-13-10-11-19-20(13)3)14-7-5-6-12(2)16(14)17/h5-7,10-11,15,18H,4,8-9H2,1-3H3. The van der Waals surface area contributed by atoms with Crippen LogP contribution in [0.5, 0.6) is 0 Å². The van der Waals surface area contributed by atoms with Gasteiger partial charge in [-0.1, -0.05) is 41.1 Å². The van der Waals surface area contributed by atoms with Crippen molar-refractivity contribution in [3.8, 4) is 0 Å². The molecule has 0 radical (unpaired) electrons. The van der Waals surface area contributed by atoms with Crippen molar-refractivity contribution in [3.63, 3.8) is 0 Å². The molecule has 0 saturated carbocycles. The molecular weight excluding hydrogens is 314 g/mol. The van der Waals surface area contributed by atoms with Gasteiger partial charge in [-0.3, -0.25) is 4.68 Å². The molecule has 1 N–H and O–H groups in total. The second-order valence-electron chi connectivity index (χ2n) is 5.07. The predicted octanol–water partition coefficient (Wildman–Crippen LogP) is 3.77. The summed E-state index contributed by atoms with van der Waals surface area (Å²) in [5.74, 6) is 0. The molecule has 2 rings (SSSR count). The van der Waals surface area contributed by atoms with E-state index < -0.39 is 0 Å². The van der Waals surface area contributed by atoms with Crippen molar-refractivity contribution in [1.29, 1.82) is 0 Å². The summed E-state index contributed by atoms with van der Waals surface area (Å²) < 4.78 is 3.17. The number of halogens is 1. The van der Waals surface area contributed by atoms with Gasteiger partial charge in [0.15, 0.2) is 0 Å². The average Bonchev–Trinajstić information content (AvgIpc) is 2.84. The molecule has 0 bridgehead atoms.